The van der Waals surface area contributed by atoms with Crippen molar-refractivity contribution in [3.8, 4) is 17.1 Å². The van der Waals surface area contributed by atoms with Crippen LogP contribution in [0.1, 0.15) is 51.7 Å². The Kier molecular flexibility index (Phi) is 6.58. The first-order chi connectivity index (χ1) is 27.8. The van der Waals surface area contributed by atoms with E-state index in [0.29, 0.717) is 0 Å². The molecule has 1 aliphatic rings. The molecule has 0 bridgehead atoms. The molecule has 1 aliphatic carbocycles. The Bertz CT molecular complexity index is 3440. The highest BCUT2D eigenvalue weighted by Crippen LogP contribution is 2.51. The van der Waals surface area contributed by atoms with Crippen LogP contribution in [0.15, 0.2) is 164 Å². The zero-order valence-electron chi connectivity index (χ0n) is 32.8. The van der Waals surface area contributed by atoms with Gasteiger partial charge in [0.1, 0.15) is 0 Å². The van der Waals surface area contributed by atoms with Crippen molar-refractivity contribution in [1.82, 2.24) is 13.7 Å². The lowest BCUT2D eigenvalue weighted by Gasteiger charge is -2.42. The smallest absolute Gasteiger partial charge is 0.0549 e. The molecule has 0 N–H and O–H groups in total. The number of hydrogen-bond donors (Lipinski definition) is 0. The van der Waals surface area contributed by atoms with Gasteiger partial charge in [-0.1, -0.05) is 113 Å². The van der Waals surface area contributed by atoms with Gasteiger partial charge in [-0.2, -0.15) is 0 Å². The summed E-state index contributed by atoms with van der Waals surface area (Å²) in [7, 11) is 0. The third-order valence-electron chi connectivity index (χ3n) is 13.5. The van der Waals surface area contributed by atoms with Crippen LogP contribution >= 0.6 is 0 Å². The topological polar surface area (TPSA) is 14.8 Å². The van der Waals surface area contributed by atoms with E-state index in [9.17, 15) is 0 Å². The average Bonchev–Trinajstić information content (AvgIpc) is 3.88. The zero-order chi connectivity index (χ0) is 38.2. The van der Waals surface area contributed by atoms with Crippen molar-refractivity contribution in [1.29, 1.82) is 0 Å². The summed E-state index contributed by atoms with van der Waals surface area (Å²) in [5.41, 5.74) is 14.1. The molecular formula is C54H43N3. The van der Waals surface area contributed by atoms with E-state index >= 15 is 0 Å². The Morgan fingerprint density at radius 1 is 0.333 bits per heavy atom. The molecule has 57 heavy (non-hydrogen) atoms. The Hall–Kier alpha value is -6.58. The maximum atomic E-state index is 2.59. The highest BCUT2D eigenvalue weighted by Gasteiger charge is 2.38. The minimum Gasteiger partial charge on any atom is -0.309 e. The molecule has 11 aromatic rings. The van der Waals surface area contributed by atoms with Crippen molar-refractivity contribution in [2.45, 2.75) is 51.4 Å². The number of para-hydroxylation sites is 3. The molecule has 0 atom stereocenters. The van der Waals surface area contributed by atoms with Gasteiger partial charge in [-0.05, 0) is 124 Å². The van der Waals surface area contributed by atoms with Crippen molar-refractivity contribution in [2.75, 3.05) is 0 Å². The fraction of sp³-hybridized carbons (Fsp3) is 0.148. The van der Waals surface area contributed by atoms with Crippen LogP contribution in [-0.4, -0.2) is 13.7 Å². The molecule has 274 valence electrons. The predicted molar refractivity (Wildman–Crippen MR) is 242 cm³/mol. The number of aromatic nitrogens is 3. The molecule has 3 nitrogen and oxygen atoms in total. The Balaban J connectivity index is 1.26. The standard InChI is InChI=1S/C54H43N3/c1-53(2)29-30-54(3,4)43-33-49-41(32-42(43)53)51-47(56(49)36-18-9-6-10-19-36)27-28-48-52(51)50-38-20-12-11-15-34(38)23-25-46(50)57(48)37-24-26-45-40(31-37)39-21-13-14-22-44(39)55(45)35-16-7-5-8-17-35/h5-28,31-33H,29-30H2,1-4H3. The zero-order valence-corrected chi connectivity index (χ0v) is 32.8. The third-order valence-corrected chi connectivity index (χ3v) is 13.5. The molecule has 0 saturated carbocycles. The maximum Gasteiger partial charge on any atom is 0.0549 e. The minimum atomic E-state index is 0.0865. The van der Waals surface area contributed by atoms with Crippen LogP contribution in [-0.2, 0) is 10.8 Å². The molecule has 0 spiro atoms. The number of hydrogen-bond acceptors (Lipinski definition) is 0. The monoisotopic (exact) mass is 733 g/mol. The first-order valence-corrected chi connectivity index (χ1v) is 20.4. The summed E-state index contributed by atoms with van der Waals surface area (Å²) in [6.45, 7) is 9.77. The average molecular weight is 734 g/mol. The van der Waals surface area contributed by atoms with Gasteiger partial charge in [0.2, 0.25) is 0 Å². The highest BCUT2D eigenvalue weighted by atomic mass is 15.0. The Morgan fingerprint density at radius 2 is 0.825 bits per heavy atom. The fourth-order valence-corrected chi connectivity index (χ4v) is 10.5. The van der Waals surface area contributed by atoms with Gasteiger partial charge in [0.05, 0.1) is 33.1 Å². The Morgan fingerprint density at radius 3 is 1.53 bits per heavy atom. The number of rotatable bonds is 3. The van der Waals surface area contributed by atoms with E-state index in [1.54, 1.807) is 0 Å². The molecule has 3 heterocycles. The molecule has 0 fully saturated rings. The van der Waals surface area contributed by atoms with Crippen molar-refractivity contribution in [3.05, 3.63) is 175 Å². The molecule has 12 rings (SSSR count). The second kappa shape index (κ2) is 11.5. The van der Waals surface area contributed by atoms with E-state index in [2.05, 4.69) is 205 Å². The van der Waals surface area contributed by atoms with Crippen LogP contribution in [0.4, 0.5) is 0 Å². The van der Waals surface area contributed by atoms with Crippen molar-refractivity contribution in [3.63, 3.8) is 0 Å². The summed E-state index contributed by atoms with van der Waals surface area (Å²) in [6, 6.07) is 61.1. The van der Waals surface area contributed by atoms with Gasteiger partial charge in [0.15, 0.2) is 0 Å². The van der Waals surface area contributed by atoms with Crippen LogP contribution in [0.25, 0.3) is 93.3 Å². The van der Waals surface area contributed by atoms with Crippen LogP contribution in [0.2, 0.25) is 0 Å². The lowest BCUT2D eigenvalue weighted by molar-refractivity contribution is 0.332. The van der Waals surface area contributed by atoms with Gasteiger partial charge < -0.3 is 13.7 Å². The molecule has 3 heteroatoms. The largest absolute Gasteiger partial charge is 0.309 e. The summed E-state index contributed by atoms with van der Waals surface area (Å²) in [4.78, 5) is 0. The first-order valence-electron chi connectivity index (χ1n) is 20.4. The summed E-state index contributed by atoms with van der Waals surface area (Å²) in [5, 5.41) is 10.3. The molecule has 0 amide bonds. The van der Waals surface area contributed by atoms with Gasteiger partial charge in [-0.15, -0.1) is 0 Å². The molecule has 0 aliphatic heterocycles. The first kappa shape index (κ1) is 32.6. The van der Waals surface area contributed by atoms with Crippen molar-refractivity contribution >= 4 is 76.2 Å². The second-order valence-electron chi connectivity index (χ2n) is 17.6. The second-order valence-corrected chi connectivity index (χ2v) is 17.6. The molecule has 0 saturated heterocycles. The van der Waals surface area contributed by atoms with E-state index in [1.807, 2.05) is 0 Å². The van der Waals surface area contributed by atoms with Gasteiger partial charge in [-0.3, -0.25) is 0 Å². The molecule has 0 unspecified atom stereocenters. The van der Waals surface area contributed by atoms with Gasteiger partial charge in [0.25, 0.3) is 0 Å². The molecule has 3 aromatic heterocycles. The number of nitrogens with zero attached hydrogens (tertiary/aromatic N) is 3. The van der Waals surface area contributed by atoms with E-state index in [0.717, 1.165) is 0 Å². The number of fused-ring (bicyclic) bond motifs is 13. The van der Waals surface area contributed by atoms with Crippen LogP contribution in [0, 0.1) is 0 Å². The number of benzene rings is 8. The van der Waals surface area contributed by atoms with E-state index < -0.39 is 0 Å². The molecule has 8 aromatic carbocycles. The lowest BCUT2D eigenvalue weighted by Crippen LogP contribution is -2.33. The van der Waals surface area contributed by atoms with E-state index in [1.165, 1.54) is 117 Å². The molecular weight excluding hydrogens is 691 g/mol. The normalized spacial score (nSPS) is 15.2. The van der Waals surface area contributed by atoms with Crippen molar-refractivity contribution < 1.29 is 0 Å². The van der Waals surface area contributed by atoms with E-state index in [4.69, 9.17) is 0 Å². The van der Waals surface area contributed by atoms with Crippen LogP contribution < -0.4 is 0 Å². The van der Waals surface area contributed by atoms with E-state index in [-0.39, 0.29) is 10.8 Å². The summed E-state index contributed by atoms with van der Waals surface area (Å²) in [6.07, 6.45) is 2.36. The third kappa shape index (κ3) is 4.48. The summed E-state index contributed by atoms with van der Waals surface area (Å²) in [5.74, 6) is 0. The van der Waals surface area contributed by atoms with Gasteiger partial charge >= 0.3 is 0 Å². The Labute approximate surface area is 332 Å². The fourth-order valence-electron chi connectivity index (χ4n) is 10.5. The summed E-state index contributed by atoms with van der Waals surface area (Å²) >= 11 is 0. The van der Waals surface area contributed by atoms with Gasteiger partial charge in [-0.25, -0.2) is 0 Å². The lowest BCUT2D eigenvalue weighted by atomic mass is 9.63. The SMILES string of the molecule is CC1(C)CCC(C)(C)c2cc3c(cc21)c1c2c4c5ccccc5ccc4n(-c4ccc5c(c4)c4ccccc4n5-c4ccccc4)c2ccc1n3-c1ccccc1. The molecule has 0 radical (unpaired) electrons. The maximum absolute atomic E-state index is 2.59. The van der Waals surface area contributed by atoms with Gasteiger partial charge in [0, 0.05) is 49.4 Å². The predicted octanol–water partition coefficient (Wildman–Crippen LogP) is 14.5. The van der Waals surface area contributed by atoms with Crippen LogP contribution in [0.3, 0.4) is 0 Å². The van der Waals surface area contributed by atoms with Crippen LogP contribution in [0.5, 0.6) is 0 Å². The summed E-state index contributed by atoms with van der Waals surface area (Å²) < 4.78 is 7.46. The highest BCUT2D eigenvalue weighted by molar-refractivity contribution is 6.33. The van der Waals surface area contributed by atoms with Crippen molar-refractivity contribution in [2.24, 2.45) is 0 Å². The minimum absolute atomic E-state index is 0.0865. The quantitative estimate of drug-likeness (QED) is 0.172.